The third-order valence-corrected chi connectivity index (χ3v) is 4.74. The molecule has 2 heterocycles. The van der Waals surface area contributed by atoms with Gasteiger partial charge in [-0.15, -0.1) is 11.8 Å². The fraction of sp³-hybridized carbons (Fsp3) is 0.188. The maximum atomic E-state index is 12.0. The number of aromatic nitrogens is 2. The van der Waals surface area contributed by atoms with Crippen LogP contribution in [0.15, 0.2) is 56.6 Å². The van der Waals surface area contributed by atoms with Crippen molar-refractivity contribution in [2.75, 3.05) is 0 Å². The van der Waals surface area contributed by atoms with E-state index in [1.165, 1.54) is 11.8 Å². The lowest BCUT2D eigenvalue weighted by atomic mass is 10.3. The van der Waals surface area contributed by atoms with Crippen LogP contribution in [0, 0.1) is 0 Å². The molecule has 23 heavy (non-hydrogen) atoms. The predicted molar refractivity (Wildman–Crippen MR) is 89.2 cm³/mol. The van der Waals surface area contributed by atoms with Crippen molar-refractivity contribution in [3.63, 3.8) is 0 Å². The third-order valence-electron chi connectivity index (χ3n) is 2.97. The predicted octanol–water partition coefficient (Wildman–Crippen LogP) is 4.02. The first-order valence-electron chi connectivity index (χ1n) is 6.96. The number of nitrogens with zero attached hydrogens (tertiary/aromatic N) is 2. The van der Waals surface area contributed by atoms with Crippen molar-refractivity contribution in [1.82, 2.24) is 10.1 Å². The third kappa shape index (κ3) is 4.20. The number of esters is 1. The largest absolute Gasteiger partial charge is 0.456 e. The highest BCUT2D eigenvalue weighted by atomic mass is 32.2. The van der Waals surface area contributed by atoms with E-state index in [9.17, 15) is 4.79 Å². The van der Waals surface area contributed by atoms with Crippen molar-refractivity contribution < 1.29 is 14.1 Å². The lowest BCUT2D eigenvalue weighted by Gasteiger charge is -2.09. The smallest absolute Gasteiger partial charge is 0.319 e. The molecule has 118 valence electrons. The number of benzene rings is 1. The summed E-state index contributed by atoms with van der Waals surface area (Å²) in [6.45, 7) is 1.82. The van der Waals surface area contributed by atoms with Gasteiger partial charge in [-0.25, -0.2) is 0 Å². The lowest BCUT2D eigenvalue weighted by Crippen LogP contribution is -2.17. The van der Waals surface area contributed by atoms with Crippen LogP contribution in [0.2, 0.25) is 0 Å². The Labute approximate surface area is 141 Å². The fourth-order valence-corrected chi connectivity index (χ4v) is 3.34. The Balaban J connectivity index is 1.52. The van der Waals surface area contributed by atoms with Crippen LogP contribution in [-0.4, -0.2) is 21.4 Å². The van der Waals surface area contributed by atoms with Gasteiger partial charge in [-0.2, -0.15) is 16.3 Å². The Bertz CT molecular complexity index is 757. The summed E-state index contributed by atoms with van der Waals surface area (Å²) in [6.07, 6.45) is 0. The number of hydrogen-bond acceptors (Lipinski definition) is 7. The van der Waals surface area contributed by atoms with Gasteiger partial charge >= 0.3 is 5.97 Å². The first-order valence-corrected chi connectivity index (χ1v) is 8.78. The number of carbonyl (C=O) groups is 1. The van der Waals surface area contributed by atoms with E-state index in [1.54, 1.807) is 11.3 Å². The average molecular weight is 346 g/mol. The van der Waals surface area contributed by atoms with E-state index in [-0.39, 0.29) is 17.8 Å². The van der Waals surface area contributed by atoms with Gasteiger partial charge in [0.15, 0.2) is 6.61 Å². The molecule has 2 aromatic heterocycles. The number of carbonyl (C=O) groups excluding carboxylic acids is 1. The Morgan fingerprint density at radius 3 is 2.91 bits per heavy atom. The van der Waals surface area contributed by atoms with Gasteiger partial charge in [0.25, 0.3) is 5.89 Å². The summed E-state index contributed by atoms with van der Waals surface area (Å²) in [5.74, 6) is 0.487. The molecule has 0 radical (unpaired) electrons. The molecule has 0 spiro atoms. The summed E-state index contributed by atoms with van der Waals surface area (Å²) in [5, 5.41) is 7.37. The molecule has 0 unspecified atom stereocenters. The van der Waals surface area contributed by atoms with Crippen LogP contribution >= 0.6 is 23.1 Å². The number of thioether (sulfide) groups is 1. The molecule has 0 aliphatic rings. The highest BCUT2D eigenvalue weighted by Gasteiger charge is 2.17. The summed E-state index contributed by atoms with van der Waals surface area (Å²) in [7, 11) is 0. The maximum absolute atomic E-state index is 12.0. The topological polar surface area (TPSA) is 65.2 Å². The first-order chi connectivity index (χ1) is 11.2. The summed E-state index contributed by atoms with van der Waals surface area (Å²) >= 11 is 3.00. The zero-order chi connectivity index (χ0) is 16.1. The van der Waals surface area contributed by atoms with Gasteiger partial charge in [-0.1, -0.05) is 23.4 Å². The molecule has 3 aromatic rings. The number of thiophene rings is 1. The van der Waals surface area contributed by atoms with Gasteiger partial charge in [0, 0.05) is 10.3 Å². The van der Waals surface area contributed by atoms with Gasteiger partial charge < -0.3 is 9.26 Å². The molecule has 5 nitrogen and oxygen atoms in total. The molecule has 0 fully saturated rings. The molecule has 0 amide bonds. The van der Waals surface area contributed by atoms with Crippen molar-refractivity contribution in [2.45, 2.75) is 23.7 Å². The molecule has 1 atom stereocenters. The molecule has 7 heteroatoms. The minimum atomic E-state index is -0.305. The van der Waals surface area contributed by atoms with Crippen LogP contribution in [0.3, 0.4) is 0 Å². The molecule has 3 rings (SSSR count). The van der Waals surface area contributed by atoms with Gasteiger partial charge in [-0.05, 0) is 30.5 Å². The number of ether oxygens (including phenoxy) is 1. The van der Waals surface area contributed by atoms with Crippen molar-refractivity contribution in [2.24, 2.45) is 0 Å². The van der Waals surface area contributed by atoms with Crippen molar-refractivity contribution in [1.29, 1.82) is 0 Å². The van der Waals surface area contributed by atoms with E-state index < -0.39 is 0 Å². The summed E-state index contributed by atoms with van der Waals surface area (Å²) in [5.41, 5.74) is 0.869. The maximum Gasteiger partial charge on any atom is 0.319 e. The van der Waals surface area contributed by atoms with E-state index in [1.807, 2.05) is 54.1 Å². The molecule has 0 bridgehead atoms. The Hall–Kier alpha value is -2.12. The molecular weight excluding hydrogens is 332 g/mol. The first kappa shape index (κ1) is 15.8. The monoisotopic (exact) mass is 346 g/mol. The van der Waals surface area contributed by atoms with Crippen LogP contribution in [0.1, 0.15) is 12.7 Å². The second-order valence-electron chi connectivity index (χ2n) is 4.71. The highest BCUT2D eigenvalue weighted by Crippen LogP contribution is 2.24. The highest BCUT2D eigenvalue weighted by molar-refractivity contribution is 8.00. The SMILES string of the molecule is C[C@H](Sc1ccccc1)C(=O)OCc1noc(-c2ccsc2)n1. The minimum Gasteiger partial charge on any atom is -0.456 e. The minimum absolute atomic E-state index is 0.00611. The van der Waals surface area contributed by atoms with Crippen LogP contribution < -0.4 is 0 Å². The Kier molecular flexibility index (Phi) is 5.09. The van der Waals surface area contributed by atoms with Crippen LogP contribution in [0.4, 0.5) is 0 Å². The molecule has 0 aliphatic carbocycles. The molecule has 0 saturated carbocycles. The van der Waals surface area contributed by atoms with Crippen LogP contribution in [-0.2, 0) is 16.1 Å². The molecular formula is C16H14N2O3S2. The lowest BCUT2D eigenvalue weighted by molar-refractivity contribution is -0.144. The van der Waals surface area contributed by atoms with Crippen molar-refractivity contribution in [3.8, 4) is 11.5 Å². The van der Waals surface area contributed by atoms with E-state index >= 15 is 0 Å². The summed E-state index contributed by atoms with van der Waals surface area (Å²) in [4.78, 5) is 17.3. The molecule has 0 saturated heterocycles. The summed E-state index contributed by atoms with van der Waals surface area (Å²) in [6, 6.07) is 11.6. The van der Waals surface area contributed by atoms with Gasteiger partial charge in [0.1, 0.15) is 5.25 Å². The van der Waals surface area contributed by atoms with Crippen LogP contribution in [0.25, 0.3) is 11.5 Å². The van der Waals surface area contributed by atoms with E-state index in [4.69, 9.17) is 9.26 Å². The zero-order valence-corrected chi connectivity index (χ0v) is 14.0. The van der Waals surface area contributed by atoms with Crippen molar-refractivity contribution >= 4 is 29.1 Å². The van der Waals surface area contributed by atoms with E-state index in [0.717, 1.165) is 10.5 Å². The van der Waals surface area contributed by atoms with E-state index in [0.29, 0.717) is 11.7 Å². The normalized spacial score (nSPS) is 12.0. The standard InChI is InChI=1S/C16H14N2O3S2/c1-11(23-13-5-3-2-4-6-13)16(19)20-9-14-17-15(21-18-14)12-7-8-22-10-12/h2-8,10-11H,9H2,1H3/t11-/m0/s1. The fourth-order valence-electron chi connectivity index (χ4n) is 1.82. The average Bonchev–Trinajstić information content (AvgIpc) is 3.24. The molecule has 1 aromatic carbocycles. The Morgan fingerprint density at radius 1 is 1.35 bits per heavy atom. The number of rotatable bonds is 6. The number of hydrogen-bond donors (Lipinski definition) is 0. The van der Waals surface area contributed by atoms with Crippen molar-refractivity contribution in [3.05, 3.63) is 53.0 Å². The van der Waals surface area contributed by atoms with Gasteiger partial charge in [0.05, 0.1) is 5.56 Å². The molecule has 0 N–H and O–H groups in total. The zero-order valence-electron chi connectivity index (χ0n) is 12.3. The second-order valence-corrected chi connectivity index (χ2v) is 6.90. The quantitative estimate of drug-likeness (QED) is 0.496. The Morgan fingerprint density at radius 2 is 2.17 bits per heavy atom. The van der Waals surface area contributed by atoms with Gasteiger partial charge in [-0.3, -0.25) is 4.79 Å². The molecule has 0 aliphatic heterocycles. The summed E-state index contributed by atoms with van der Waals surface area (Å²) < 4.78 is 10.4. The van der Waals surface area contributed by atoms with Gasteiger partial charge in [0.2, 0.25) is 5.82 Å². The van der Waals surface area contributed by atoms with E-state index in [2.05, 4.69) is 10.1 Å². The van der Waals surface area contributed by atoms with Crippen LogP contribution in [0.5, 0.6) is 0 Å². The second kappa shape index (κ2) is 7.43.